The predicted molar refractivity (Wildman–Crippen MR) is 74.2 cm³/mol. The van der Waals surface area contributed by atoms with Crippen LogP contribution in [0.1, 0.15) is 45.5 Å². The van der Waals surface area contributed by atoms with E-state index in [0.717, 1.165) is 0 Å². The van der Waals surface area contributed by atoms with E-state index in [0.29, 0.717) is 12.3 Å². The maximum absolute atomic E-state index is 11.4. The number of aryl methyl sites for hydroxylation is 1. The highest BCUT2D eigenvalue weighted by Gasteiger charge is 2.53. The highest BCUT2D eigenvalue weighted by molar-refractivity contribution is 5.68. The summed E-state index contributed by atoms with van der Waals surface area (Å²) in [7, 11) is 0. The Labute approximate surface area is 137 Å². The SMILES string of the molecule is CCc1nc([C@H]2O[C@@H](OC(C)=O)[C@H](OC(C)=O)[C@@H]2OC(C)=O)no1. The zero-order valence-electron chi connectivity index (χ0n) is 13.7. The quantitative estimate of drug-likeness (QED) is 0.549. The molecule has 0 unspecified atom stereocenters. The number of esters is 3. The number of hydrogen-bond donors (Lipinski definition) is 0. The van der Waals surface area contributed by atoms with Crippen LogP contribution >= 0.6 is 0 Å². The van der Waals surface area contributed by atoms with E-state index in [9.17, 15) is 14.4 Å². The van der Waals surface area contributed by atoms with Crippen molar-refractivity contribution in [2.24, 2.45) is 0 Å². The van der Waals surface area contributed by atoms with Gasteiger partial charge in [0.1, 0.15) is 0 Å². The number of ether oxygens (including phenoxy) is 4. The first-order valence-electron chi connectivity index (χ1n) is 7.31. The molecule has 0 bridgehead atoms. The van der Waals surface area contributed by atoms with Gasteiger partial charge >= 0.3 is 17.9 Å². The first kappa shape index (κ1) is 17.9. The molecule has 1 aliphatic heterocycles. The molecule has 0 N–H and O–H groups in total. The smallest absolute Gasteiger partial charge is 0.305 e. The number of rotatable bonds is 5. The normalized spacial score (nSPS) is 26.0. The molecule has 10 nitrogen and oxygen atoms in total. The Kier molecular flexibility index (Phi) is 5.50. The second kappa shape index (κ2) is 7.39. The van der Waals surface area contributed by atoms with E-state index >= 15 is 0 Å². The average Bonchev–Trinajstić information content (AvgIpc) is 3.05. The van der Waals surface area contributed by atoms with Gasteiger partial charge in [0.25, 0.3) is 0 Å². The fourth-order valence-corrected chi connectivity index (χ4v) is 2.25. The minimum atomic E-state index is -1.26. The Morgan fingerprint density at radius 1 is 1.00 bits per heavy atom. The van der Waals surface area contributed by atoms with Crippen molar-refractivity contribution in [3.8, 4) is 0 Å². The van der Waals surface area contributed by atoms with Gasteiger partial charge in [-0.15, -0.1) is 0 Å². The first-order chi connectivity index (χ1) is 11.3. The number of carbonyl (C=O) groups is 3. The molecule has 0 spiro atoms. The molecule has 4 atom stereocenters. The molecular weight excluding hydrogens is 324 g/mol. The van der Waals surface area contributed by atoms with E-state index in [4.69, 9.17) is 23.5 Å². The molecule has 1 aromatic rings. The Morgan fingerprint density at radius 2 is 1.58 bits per heavy atom. The molecule has 0 aliphatic carbocycles. The maximum atomic E-state index is 11.4. The molecule has 0 aromatic carbocycles. The second-order valence-electron chi connectivity index (χ2n) is 5.08. The highest BCUT2D eigenvalue weighted by Crippen LogP contribution is 2.37. The van der Waals surface area contributed by atoms with Gasteiger partial charge in [0.15, 0.2) is 12.2 Å². The van der Waals surface area contributed by atoms with Gasteiger partial charge in [-0.05, 0) is 0 Å². The van der Waals surface area contributed by atoms with E-state index in [1.807, 2.05) is 6.92 Å². The third-order valence-corrected chi connectivity index (χ3v) is 3.10. The highest BCUT2D eigenvalue weighted by atomic mass is 16.7. The lowest BCUT2D eigenvalue weighted by Gasteiger charge is -2.22. The Balaban J connectivity index is 2.34. The molecule has 132 valence electrons. The molecule has 24 heavy (non-hydrogen) atoms. The van der Waals surface area contributed by atoms with Crippen molar-refractivity contribution in [2.75, 3.05) is 0 Å². The monoisotopic (exact) mass is 342 g/mol. The van der Waals surface area contributed by atoms with Crippen LogP contribution < -0.4 is 0 Å². The molecular formula is C14H18N2O8. The van der Waals surface area contributed by atoms with E-state index in [-0.39, 0.29) is 5.82 Å². The van der Waals surface area contributed by atoms with Crippen LogP contribution in [0.15, 0.2) is 4.52 Å². The molecule has 2 heterocycles. The Hall–Kier alpha value is -2.49. The summed E-state index contributed by atoms with van der Waals surface area (Å²) in [5.41, 5.74) is 0. The van der Waals surface area contributed by atoms with Crippen LogP contribution in [0, 0.1) is 0 Å². The standard InChI is InChI=1S/C14H18N2O8/c1-5-9-15-13(16-24-9)11-10(20-6(2)17)12(21-7(3)18)14(23-11)22-8(4)19/h10-12,14H,5H2,1-4H3/t10-,11+,12-,14-/m1/s1. The van der Waals surface area contributed by atoms with Crippen LogP contribution in [0.25, 0.3) is 0 Å². The van der Waals surface area contributed by atoms with Crippen LogP contribution in [-0.2, 0) is 39.8 Å². The van der Waals surface area contributed by atoms with E-state index < -0.39 is 42.5 Å². The molecule has 2 rings (SSSR count). The third kappa shape index (κ3) is 4.07. The van der Waals surface area contributed by atoms with Gasteiger partial charge in [0.2, 0.25) is 24.1 Å². The molecule has 1 aromatic heterocycles. The number of aromatic nitrogens is 2. The van der Waals surface area contributed by atoms with Crippen LogP contribution in [0.2, 0.25) is 0 Å². The predicted octanol–water partition coefficient (Wildman–Crippen LogP) is 0.456. The van der Waals surface area contributed by atoms with Crippen LogP contribution in [0.3, 0.4) is 0 Å². The topological polar surface area (TPSA) is 127 Å². The molecule has 1 aliphatic rings. The second-order valence-corrected chi connectivity index (χ2v) is 5.08. The molecule has 0 amide bonds. The zero-order chi connectivity index (χ0) is 17.9. The lowest BCUT2D eigenvalue weighted by molar-refractivity contribution is -0.196. The fraction of sp³-hybridized carbons (Fsp3) is 0.643. The lowest BCUT2D eigenvalue weighted by atomic mass is 10.1. The molecule has 10 heteroatoms. The van der Waals surface area contributed by atoms with E-state index in [1.165, 1.54) is 20.8 Å². The van der Waals surface area contributed by atoms with Crippen molar-refractivity contribution >= 4 is 17.9 Å². The minimum absolute atomic E-state index is 0.102. The van der Waals surface area contributed by atoms with Crippen molar-refractivity contribution in [1.29, 1.82) is 0 Å². The van der Waals surface area contributed by atoms with Crippen molar-refractivity contribution < 1.29 is 37.9 Å². The average molecular weight is 342 g/mol. The largest absolute Gasteiger partial charge is 0.455 e. The van der Waals surface area contributed by atoms with Gasteiger partial charge < -0.3 is 23.5 Å². The minimum Gasteiger partial charge on any atom is -0.455 e. The first-order valence-corrected chi connectivity index (χ1v) is 7.31. The summed E-state index contributed by atoms with van der Waals surface area (Å²) in [6.07, 6.45) is -4.00. The lowest BCUT2D eigenvalue weighted by Crippen LogP contribution is -2.39. The summed E-state index contributed by atoms with van der Waals surface area (Å²) in [5.74, 6) is -1.48. The van der Waals surface area contributed by atoms with Gasteiger partial charge in [0.05, 0.1) is 0 Å². The Morgan fingerprint density at radius 3 is 2.08 bits per heavy atom. The van der Waals surface area contributed by atoms with Crippen molar-refractivity contribution in [3.63, 3.8) is 0 Å². The molecule has 0 saturated carbocycles. The number of hydrogen-bond acceptors (Lipinski definition) is 10. The van der Waals surface area contributed by atoms with E-state index in [1.54, 1.807) is 0 Å². The van der Waals surface area contributed by atoms with Gasteiger partial charge in [0, 0.05) is 27.2 Å². The summed E-state index contributed by atoms with van der Waals surface area (Å²) in [6.45, 7) is 5.35. The summed E-state index contributed by atoms with van der Waals surface area (Å²) >= 11 is 0. The van der Waals surface area contributed by atoms with Crippen molar-refractivity contribution in [2.45, 2.75) is 58.7 Å². The zero-order valence-corrected chi connectivity index (χ0v) is 13.7. The van der Waals surface area contributed by atoms with Crippen LogP contribution in [-0.4, -0.2) is 46.5 Å². The van der Waals surface area contributed by atoms with Gasteiger partial charge in [-0.3, -0.25) is 14.4 Å². The van der Waals surface area contributed by atoms with Gasteiger partial charge in [-0.1, -0.05) is 12.1 Å². The summed E-state index contributed by atoms with van der Waals surface area (Å²) < 4.78 is 25.9. The number of nitrogens with zero attached hydrogens (tertiary/aromatic N) is 2. The summed E-state index contributed by atoms with van der Waals surface area (Å²) in [6, 6.07) is 0. The Bertz CT molecular complexity index is 628. The molecule has 0 radical (unpaired) electrons. The fourth-order valence-electron chi connectivity index (χ4n) is 2.25. The summed E-state index contributed by atoms with van der Waals surface area (Å²) in [4.78, 5) is 38.1. The van der Waals surface area contributed by atoms with Gasteiger partial charge in [-0.25, -0.2) is 0 Å². The van der Waals surface area contributed by atoms with Crippen LogP contribution in [0.5, 0.6) is 0 Å². The summed E-state index contributed by atoms with van der Waals surface area (Å²) in [5, 5.41) is 3.77. The number of carbonyl (C=O) groups excluding carboxylic acids is 3. The van der Waals surface area contributed by atoms with Crippen LogP contribution in [0.4, 0.5) is 0 Å². The van der Waals surface area contributed by atoms with Gasteiger partial charge in [-0.2, -0.15) is 4.98 Å². The van der Waals surface area contributed by atoms with Crippen molar-refractivity contribution in [3.05, 3.63) is 11.7 Å². The van der Waals surface area contributed by atoms with E-state index in [2.05, 4.69) is 10.1 Å². The molecule has 1 fully saturated rings. The third-order valence-electron chi connectivity index (χ3n) is 3.10. The maximum Gasteiger partial charge on any atom is 0.305 e. The molecule has 1 saturated heterocycles. The van der Waals surface area contributed by atoms with Crippen molar-refractivity contribution in [1.82, 2.24) is 10.1 Å².